The molecular formula is C18H15BrN4O2. The Hall–Kier alpha value is -2.93. The van der Waals surface area contributed by atoms with Gasteiger partial charge in [0.1, 0.15) is 11.4 Å². The van der Waals surface area contributed by atoms with Crippen molar-refractivity contribution in [2.45, 2.75) is 0 Å². The summed E-state index contributed by atoms with van der Waals surface area (Å²) >= 11 is 3.38. The Morgan fingerprint density at radius 3 is 2.88 bits per heavy atom. The summed E-state index contributed by atoms with van der Waals surface area (Å²) in [5, 5.41) is 10.8. The van der Waals surface area contributed by atoms with Gasteiger partial charge in [0, 0.05) is 10.0 Å². The second-order valence-corrected chi connectivity index (χ2v) is 6.04. The number of para-hydroxylation sites is 1. The first-order chi connectivity index (χ1) is 12.2. The monoisotopic (exact) mass is 398 g/mol. The van der Waals surface area contributed by atoms with Gasteiger partial charge in [-0.05, 0) is 35.9 Å². The summed E-state index contributed by atoms with van der Waals surface area (Å²) in [5.74, 6) is 0.313. The fraction of sp³-hybridized carbons (Fsp3) is 0.0556. The molecule has 0 aliphatic heterocycles. The van der Waals surface area contributed by atoms with E-state index >= 15 is 0 Å². The van der Waals surface area contributed by atoms with Gasteiger partial charge < -0.3 is 4.74 Å². The van der Waals surface area contributed by atoms with Crippen LogP contribution in [0.4, 0.5) is 0 Å². The molecule has 2 N–H and O–H groups in total. The van der Waals surface area contributed by atoms with Crippen LogP contribution in [-0.4, -0.2) is 29.4 Å². The Morgan fingerprint density at radius 1 is 1.24 bits per heavy atom. The third-order valence-corrected chi connectivity index (χ3v) is 3.93. The lowest BCUT2D eigenvalue weighted by Crippen LogP contribution is -2.17. The minimum Gasteiger partial charge on any atom is -0.496 e. The third kappa shape index (κ3) is 4.13. The van der Waals surface area contributed by atoms with Crippen LogP contribution in [0, 0.1) is 0 Å². The van der Waals surface area contributed by atoms with Gasteiger partial charge in [0.15, 0.2) is 0 Å². The number of nitrogens with one attached hydrogen (secondary N) is 2. The predicted molar refractivity (Wildman–Crippen MR) is 99.8 cm³/mol. The summed E-state index contributed by atoms with van der Waals surface area (Å²) in [5.41, 5.74) is 5.08. The Labute approximate surface area is 153 Å². The highest BCUT2D eigenvalue weighted by Gasteiger charge is 2.13. The number of aromatic nitrogens is 2. The van der Waals surface area contributed by atoms with E-state index in [-0.39, 0.29) is 5.91 Å². The molecule has 126 valence electrons. The van der Waals surface area contributed by atoms with E-state index in [4.69, 9.17) is 4.74 Å². The van der Waals surface area contributed by atoms with E-state index in [0.717, 1.165) is 15.6 Å². The van der Waals surface area contributed by atoms with Crippen molar-refractivity contribution in [2.24, 2.45) is 5.10 Å². The maximum Gasteiger partial charge on any atom is 0.289 e. The second-order valence-electron chi connectivity index (χ2n) is 5.12. The molecule has 0 aliphatic rings. The number of carbonyl (C=O) groups is 1. The minimum atomic E-state index is -0.375. The molecule has 0 unspecified atom stereocenters. The lowest BCUT2D eigenvalue weighted by Gasteiger charge is -2.04. The fourth-order valence-corrected chi connectivity index (χ4v) is 2.66. The van der Waals surface area contributed by atoms with E-state index < -0.39 is 0 Å². The number of hydrogen-bond acceptors (Lipinski definition) is 4. The number of aromatic amines is 1. The van der Waals surface area contributed by atoms with Crippen LogP contribution in [0.15, 0.2) is 64.2 Å². The first-order valence-electron chi connectivity index (χ1n) is 7.45. The number of ether oxygens (including phenoxy) is 1. The Bertz CT molecular complexity index is 921. The van der Waals surface area contributed by atoms with Crippen LogP contribution in [0.5, 0.6) is 5.75 Å². The zero-order chi connectivity index (χ0) is 17.6. The van der Waals surface area contributed by atoms with Gasteiger partial charge in [0.2, 0.25) is 0 Å². The van der Waals surface area contributed by atoms with Crippen LogP contribution in [0.2, 0.25) is 0 Å². The molecule has 1 amide bonds. The van der Waals surface area contributed by atoms with E-state index in [2.05, 4.69) is 36.7 Å². The number of methoxy groups -OCH3 is 1. The van der Waals surface area contributed by atoms with Crippen LogP contribution >= 0.6 is 15.9 Å². The van der Waals surface area contributed by atoms with Gasteiger partial charge in [-0.25, -0.2) is 5.43 Å². The first-order valence-corrected chi connectivity index (χ1v) is 8.24. The van der Waals surface area contributed by atoms with Crippen molar-refractivity contribution in [1.29, 1.82) is 0 Å². The molecule has 3 rings (SSSR count). The zero-order valence-corrected chi connectivity index (χ0v) is 14.9. The van der Waals surface area contributed by atoms with Gasteiger partial charge in [-0.3, -0.25) is 9.89 Å². The summed E-state index contributed by atoms with van der Waals surface area (Å²) in [6.07, 6.45) is 1.57. The van der Waals surface area contributed by atoms with E-state index in [0.29, 0.717) is 17.1 Å². The van der Waals surface area contributed by atoms with Gasteiger partial charge in [0.25, 0.3) is 5.91 Å². The fourth-order valence-electron chi connectivity index (χ4n) is 2.24. The number of nitrogens with zero attached hydrogens (tertiary/aromatic N) is 2. The number of rotatable bonds is 5. The number of hydrogen-bond donors (Lipinski definition) is 2. The highest BCUT2D eigenvalue weighted by atomic mass is 79.9. The van der Waals surface area contributed by atoms with E-state index in [9.17, 15) is 4.79 Å². The number of benzene rings is 2. The highest BCUT2D eigenvalue weighted by Crippen LogP contribution is 2.28. The number of hydrazone groups is 1. The largest absolute Gasteiger partial charge is 0.496 e. The molecule has 0 bridgehead atoms. The van der Waals surface area contributed by atoms with Crippen molar-refractivity contribution in [2.75, 3.05) is 7.11 Å². The topological polar surface area (TPSA) is 79.4 Å². The quantitative estimate of drug-likeness (QED) is 0.508. The number of H-pyrrole nitrogens is 1. The minimum absolute atomic E-state index is 0.312. The molecule has 0 radical (unpaired) electrons. The SMILES string of the molecule is COc1ccccc1-c1cc(C(=O)NN=Cc2cccc(Br)c2)[nH]n1. The van der Waals surface area contributed by atoms with Gasteiger partial charge in [-0.1, -0.05) is 40.2 Å². The molecule has 7 heteroatoms. The van der Waals surface area contributed by atoms with Crippen molar-refractivity contribution in [1.82, 2.24) is 15.6 Å². The predicted octanol–water partition coefficient (Wildman–Crippen LogP) is 3.61. The van der Waals surface area contributed by atoms with Crippen LogP contribution < -0.4 is 10.2 Å². The molecule has 0 spiro atoms. The Balaban J connectivity index is 1.70. The molecule has 25 heavy (non-hydrogen) atoms. The number of carbonyl (C=O) groups excluding carboxylic acids is 1. The Morgan fingerprint density at radius 2 is 2.08 bits per heavy atom. The molecule has 0 saturated carbocycles. The van der Waals surface area contributed by atoms with Gasteiger partial charge in [-0.2, -0.15) is 10.2 Å². The highest BCUT2D eigenvalue weighted by molar-refractivity contribution is 9.10. The van der Waals surface area contributed by atoms with Crippen LogP contribution in [-0.2, 0) is 0 Å². The summed E-state index contributed by atoms with van der Waals surface area (Å²) in [4.78, 5) is 12.2. The maximum absolute atomic E-state index is 12.2. The second kappa shape index (κ2) is 7.76. The average molecular weight is 399 g/mol. The van der Waals surface area contributed by atoms with Crippen molar-refractivity contribution < 1.29 is 9.53 Å². The normalized spacial score (nSPS) is 10.8. The Kier molecular flexibility index (Phi) is 5.25. The third-order valence-electron chi connectivity index (χ3n) is 3.43. The van der Waals surface area contributed by atoms with Gasteiger partial charge >= 0.3 is 0 Å². The summed E-state index contributed by atoms with van der Waals surface area (Å²) in [6, 6.07) is 16.7. The first kappa shape index (κ1) is 16.9. The van der Waals surface area contributed by atoms with Crippen LogP contribution in [0.1, 0.15) is 16.1 Å². The van der Waals surface area contributed by atoms with Crippen molar-refractivity contribution in [3.63, 3.8) is 0 Å². The lowest BCUT2D eigenvalue weighted by molar-refractivity contribution is 0.0950. The molecule has 0 saturated heterocycles. The number of halogens is 1. The zero-order valence-electron chi connectivity index (χ0n) is 13.4. The van der Waals surface area contributed by atoms with Crippen LogP contribution in [0.3, 0.4) is 0 Å². The van der Waals surface area contributed by atoms with Gasteiger partial charge in [0.05, 0.1) is 19.0 Å². The molecule has 0 aliphatic carbocycles. The van der Waals surface area contributed by atoms with Gasteiger partial charge in [-0.15, -0.1) is 0 Å². The standard InChI is InChI=1S/C18H15BrN4O2/c1-25-17-8-3-2-7-14(17)15-10-16(22-21-15)18(24)23-20-11-12-5-4-6-13(19)9-12/h2-11H,1H3,(H,21,22)(H,23,24). The molecule has 3 aromatic rings. The number of amides is 1. The molecule has 1 aromatic heterocycles. The molecule has 1 heterocycles. The molecule has 2 aromatic carbocycles. The lowest BCUT2D eigenvalue weighted by atomic mass is 10.1. The van der Waals surface area contributed by atoms with Crippen LogP contribution in [0.25, 0.3) is 11.3 Å². The summed E-state index contributed by atoms with van der Waals surface area (Å²) in [7, 11) is 1.59. The van der Waals surface area contributed by atoms with Crippen molar-refractivity contribution in [3.8, 4) is 17.0 Å². The molecule has 0 atom stereocenters. The summed E-state index contributed by atoms with van der Waals surface area (Å²) in [6.45, 7) is 0. The summed E-state index contributed by atoms with van der Waals surface area (Å²) < 4.78 is 6.25. The van der Waals surface area contributed by atoms with E-state index in [1.807, 2.05) is 48.5 Å². The average Bonchev–Trinajstić information content (AvgIpc) is 3.12. The van der Waals surface area contributed by atoms with Crippen molar-refractivity contribution in [3.05, 3.63) is 70.3 Å². The van der Waals surface area contributed by atoms with Crippen molar-refractivity contribution >= 4 is 28.1 Å². The van der Waals surface area contributed by atoms with E-state index in [1.165, 1.54) is 0 Å². The maximum atomic E-state index is 12.2. The molecular weight excluding hydrogens is 384 g/mol. The molecule has 6 nitrogen and oxygen atoms in total. The van der Waals surface area contributed by atoms with E-state index in [1.54, 1.807) is 19.4 Å². The molecule has 0 fully saturated rings. The smallest absolute Gasteiger partial charge is 0.289 e.